The van der Waals surface area contributed by atoms with E-state index in [1.807, 2.05) is 0 Å². The van der Waals surface area contributed by atoms with E-state index in [4.69, 9.17) is 9.11 Å². The number of carbonyl (C=O) groups excluding carboxylic acids is 1. The van der Waals surface area contributed by atoms with Crippen LogP contribution >= 0.6 is 0 Å². The number of benzene rings is 2. The Kier molecular flexibility index (Phi) is 3.73. The van der Waals surface area contributed by atoms with Gasteiger partial charge < -0.3 is 5.11 Å². The second-order valence-electron chi connectivity index (χ2n) is 4.52. The minimum Gasteiger partial charge on any atom is -0.507 e. The molecule has 118 valence electrons. The summed E-state index contributed by atoms with van der Waals surface area (Å²) in [7, 11) is -9.31. The molecular weight excluding hydrogens is 336 g/mol. The minimum atomic E-state index is -4.66. The average Bonchev–Trinajstić information content (AvgIpc) is 2.34. The van der Waals surface area contributed by atoms with Crippen molar-refractivity contribution < 1.29 is 35.8 Å². The zero-order chi connectivity index (χ0) is 16.9. The molecular formula is C12H10O8S2. The Labute approximate surface area is 125 Å². The first-order chi connectivity index (χ1) is 9.91. The van der Waals surface area contributed by atoms with Crippen molar-refractivity contribution in [1.29, 1.82) is 0 Å². The summed E-state index contributed by atoms with van der Waals surface area (Å²) in [6.07, 6.45) is 0. The third kappa shape index (κ3) is 2.95. The topological polar surface area (TPSA) is 146 Å². The predicted molar refractivity (Wildman–Crippen MR) is 75.2 cm³/mol. The number of phenolic OH excluding ortho intramolecular Hbond substituents is 1. The van der Waals surface area contributed by atoms with Crippen molar-refractivity contribution in [1.82, 2.24) is 0 Å². The highest BCUT2D eigenvalue weighted by Gasteiger charge is 2.20. The van der Waals surface area contributed by atoms with Crippen molar-refractivity contribution in [3.05, 3.63) is 29.8 Å². The second kappa shape index (κ2) is 5.02. The molecule has 0 bridgehead atoms. The Morgan fingerprint density at radius 1 is 0.909 bits per heavy atom. The third-order valence-electron chi connectivity index (χ3n) is 2.95. The highest BCUT2D eigenvalue weighted by Crippen LogP contribution is 2.33. The number of ketones is 1. The van der Waals surface area contributed by atoms with Crippen LogP contribution in [0.1, 0.15) is 17.3 Å². The van der Waals surface area contributed by atoms with E-state index in [1.165, 1.54) is 0 Å². The van der Waals surface area contributed by atoms with E-state index < -0.39 is 41.6 Å². The Bertz CT molecular complexity index is 998. The van der Waals surface area contributed by atoms with Gasteiger partial charge in [-0.1, -0.05) is 0 Å². The summed E-state index contributed by atoms with van der Waals surface area (Å²) in [4.78, 5) is 10.3. The molecule has 2 rings (SSSR count). The third-order valence-corrected chi connectivity index (χ3v) is 4.61. The van der Waals surface area contributed by atoms with Gasteiger partial charge in [0, 0.05) is 17.0 Å². The lowest BCUT2D eigenvalue weighted by atomic mass is 10.0. The van der Waals surface area contributed by atoms with Gasteiger partial charge >= 0.3 is 0 Å². The van der Waals surface area contributed by atoms with E-state index in [-0.39, 0.29) is 16.3 Å². The van der Waals surface area contributed by atoms with E-state index >= 15 is 0 Å². The van der Waals surface area contributed by atoms with Gasteiger partial charge in [0.25, 0.3) is 20.2 Å². The quantitative estimate of drug-likeness (QED) is 0.556. The van der Waals surface area contributed by atoms with Crippen LogP contribution in [0.3, 0.4) is 0 Å². The van der Waals surface area contributed by atoms with Crippen molar-refractivity contribution >= 4 is 36.8 Å². The van der Waals surface area contributed by atoms with Crippen molar-refractivity contribution in [2.24, 2.45) is 0 Å². The normalized spacial score (nSPS) is 12.5. The number of carbonyl (C=O) groups is 1. The van der Waals surface area contributed by atoms with Gasteiger partial charge in [0.2, 0.25) is 0 Å². The molecule has 0 saturated carbocycles. The lowest BCUT2D eigenvalue weighted by molar-refractivity contribution is 0.101. The number of fused-ring (bicyclic) bond motifs is 1. The molecule has 2 aromatic carbocycles. The molecule has 8 nitrogen and oxygen atoms in total. The first-order valence-electron chi connectivity index (χ1n) is 5.68. The molecule has 10 heteroatoms. The molecule has 0 unspecified atom stereocenters. The molecule has 22 heavy (non-hydrogen) atoms. The number of phenols is 1. The summed E-state index contributed by atoms with van der Waals surface area (Å²) >= 11 is 0. The smallest absolute Gasteiger partial charge is 0.294 e. The molecule has 0 aliphatic heterocycles. The Hall–Kier alpha value is -2.01. The fourth-order valence-electron chi connectivity index (χ4n) is 2.01. The number of hydrogen-bond donors (Lipinski definition) is 3. The molecule has 0 fully saturated rings. The van der Waals surface area contributed by atoms with Crippen LogP contribution in [0.5, 0.6) is 5.75 Å². The summed E-state index contributed by atoms with van der Waals surface area (Å²) < 4.78 is 62.8. The lowest BCUT2D eigenvalue weighted by Crippen LogP contribution is -2.04. The van der Waals surface area contributed by atoms with Crippen LogP contribution in [0, 0.1) is 0 Å². The van der Waals surface area contributed by atoms with Crippen molar-refractivity contribution in [3.8, 4) is 5.75 Å². The Morgan fingerprint density at radius 3 is 1.77 bits per heavy atom. The van der Waals surface area contributed by atoms with Crippen LogP contribution in [0.15, 0.2) is 34.1 Å². The van der Waals surface area contributed by atoms with Gasteiger partial charge in [-0.25, -0.2) is 0 Å². The van der Waals surface area contributed by atoms with E-state index in [9.17, 15) is 26.7 Å². The van der Waals surface area contributed by atoms with E-state index in [0.717, 1.165) is 31.2 Å². The monoisotopic (exact) mass is 346 g/mol. The molecule has 0 amide bonds. The fraction of sp³-hybridized carbons (Fsp3) is 0.0833. The largest absolute Gasteiger partial charge is 0.507 e. The molecule has 2 aromatic rings. The molecule has 0 spiro atoms. The number of Topliss-reactive ketones (excluding diaryl/α,β-unsaturated/α-hetero) is 1. The Morgan fingerprint density at radius 2 is 1.36 bits per heavy atom. The van der Waals surface area contributed by atoms with Crippen LogP contribution in [0.2, 0.25) is 0 Å². The lowest BCUT2D eigenvalue weighted by Gasteiger charge is -2.10. The number of rotatable bonds is 3. The molecule has 0 aliphatic rings. The zero-order valence-corrected chi connectivity index (χ0v) is 12.6. The van der Waals surface area contributed by atoms with Gasteiger partial charge in [0.1, 0.15) is 5.75 Å². The summed E-state index contributed by atoms with van der Waals surface area (Å²) in [5.41, 5.74) is -0.218. The standard InChI is InChI=1S/C12H10O8S2/c1-6(13)10-4-8(21(15,16)17)2-7-3-9(22(18,19)20)5-11(14)12(7)10/h2-5,14H,1H3,(H,15,16,17)(H,18,19,20). The van der Waals surface area contributed by atoms with Crippen LogP contribution in [-0.2, 0) is 20.2 Å². The van der Waals surface area contributed by atoms with Crippen LogP contribution in [-0.4, -0.2) is 36.8 Å². The van der Waals surface area contributed by atoms with Crippen molar-refractivity contribution in [2.75, 3.05) is 0 Å². The second-order valence-corrected chi connectivity index (χ2v) is 7.36. The van der Waals surface area contributed by atoms with E-state index in [2.05, 4.69) is 0 Å². The number of hydrogen-bond acceptors (Lipinski definition) is 6. The Balaban J connectivity index is 3.04. The van der Waals surface area contributed by atoms with Gasteiger partial charge in [-0.3, -0.25) is 13.9 Å². The van der Waals surface area contributed by atoms with Crippen LogP contribution < -0.4 is 0 Å². The molecule has 0 aromatic heterocycles. The summed E-state index contributed by atoms with van der Waals surface area (Å²) in [6.45, 7) is 1.11. The molecule has 0 saturated heterocycles. The summed E-state index contributed by atoms with van der Waals surface area (Å²) in [5.74, 6) is -1.23. The highest BCUT2D eigenvalue weighted by molar-refractivity contribution is 7.86. The fourth-order valence-corrected chi connectivity index (χ4v) is 3.09. The molecule has 0 atom stereocenters. The van der Waals surface area contributed by atoms with Crippen molar-refractivity contribution in [2.45, 2.75) is 16.7 Å². The SMILES string of the molecule is CC(=O)c1cc(S(=O)(=O)O)cc2cc(S(=O)(=O)O)cc(O)c12. The summed E-state index contributed by atoms with van der Waals surface area (Å²) in [5, 5.41) is 9.66. The maximum Gasteiger partial charge on any atom is 0.294 e. The first-order valence-corrected chi connectivity index (χ1v) is 8.56. The maximum absolute atomic E-state index is 11.6. The molecule has 0 radical (unpaired) electrons. The van der Waals surface area contributed by atoms with Crippen LogP contribution in [0.4, 0.5) is 0 Å². The maximum atomic E-state index is 11.6. The summed E-state index contributed by atoms with van der Waals surface area (Å²) in [6, 6.07) is 3.36. The average molecular weight is 346 g/mol. The van der Waals surface area contributed by atoms with Gasteiger partial charge in [-0.15, -0.1) is 0 Å². The van der Waals surface area contributed by atoms with E-state index in [1.54, 1.807) is 0 Å². The highest BCUT2D eigenvalue weighted by atomic mass is 32.2. The molecule has 3 N–H and O–H groups in total. The van der Waals surface area contributed by atoms with E-state index in [0.29, 0.717) is 0 Å². The van der Waals surface area contributed by atoms with Crippen LogP contribution in [0.25, 0.3) is 10.8 Å². The van der Waals surface area contributed by atoms with Gasteiger partial charge in [-0.05, 0) is 30.5 Å². The first kappa shape index (κ1) is 16.4. The van der Waals surface area contributed by atoms with Gasteiger partial charge in [0.05, 0.1) is 9.79 Å². The van der Waals surface area contributed by atoms with Crippen molar-refractivity contribution in [3.63, 3.8) is 0 Å². The zero-order valence-electron chi connectivity index (χ0n) is 11.0. The minimum absolute atomic E-state index is 0.0905. The van der Waals surface area contributed by atoms with Gasteiger partial charge in [0.15, 0.2) is 5.78 Å². The predicted octanol–water partition coefficient (Wildman–Crippen LogP) is 1.24. The molecule has 0 heterocycles. The molecule has 0 aliphatic carbocycles. The van der Waals surface area contributed by atoms with Gasteiger partial charge in [-0.2, -0.15) is 16.8 Å². The number of aromatic hydroxyl groups is 1.